The summed E-state index contributed by atoms with van der Waals surface area (Å²) < 4.78 is 1.71. The van der Waals surface area contributed by atoms with Crippen molar-refractivity contribution in [3.63, 3.8) is 0 Å². The van der Waals surface area contributed by atoms with Gasteiger partial charge in [0.25, 0.3) is 0 Å². The minimum Gasteiger partial charge on any atom is -0.119 e. The van der Waals surface area contributed by atoms with E-state index in [0.29, 0.717) is 14.2 Å². The molecule has 3 heteroatoms. The van der Waals surface area contributed by atoms with E-state index in [-0.39, 0.29) is 0 Å². The molecular weight excluding hydrogens is 529 g/mol. The third-order valence-corrected chi connectivity index (χ3v) is 18.0. The summed E-state index contributed by atoms with van der Waals surface area (Å²) in [5, 5.41) is 0. The average Bonchev–Trinajstić information content (AvgIpc) is 2.80. The van der Waals surface area contributed by atoms with Crippen molar-refractivity contribution in [3.05, 3.63) is 18.2 Å². The van der Waals surface area contributed by atoms with E-state index in [1.54, 1.807) is 72.5 Å². The lowest BCUT2D eigenvalue weighted by Crippen LogP contribution is -2.48. The fraction of sp³-hybridized carbons (Fsp3) is 0.833. The molecule has 12 saturated carbocycles. The Balaban J connectivity index is 0.985. The topological polar surface area (TPSA) is 0 Å². The number of thioether (sulfide) groups is 3. The van der Waals surface area contributed by atoms with Crippen LogP contribution in [-0.2, 0) is 0 Å². The highest BCUT2D eigenvalue weighted by molar-refractivity contribution is 8.02. The first kappa shape index (κ1) is 24.7. The van der Waals surface area contributed by atoms with E-state index >= 15 is 0 Å². The van der Waals surface area contributed by atoms with Gasteiger partial charge < -0.3 is 0 Å². The molecule has 0 unspecified atom stereocenters. The summed E-state index contributed by atoms with van der Waals surface area (Å²) in [5.74, 6) is 9.45. The van der Waals surface area contributed by atoms with E-state index in [1.165, 1.54) is 57.8 Å². The Morgan fingerprint density at radius 1 is 0.333 bits per heavy atom. The highest BCUT2D eigenvalue weighted by Gasteiger charge is 2.54. The first-order chi connectivity index (χ1) is 18.9. The Hall–Kier alpha value is 0.270. The number of benzene rings is 1. The molecule has 0 N–H and O–H groups in total. The molecule has 0 aromatic heterocycles. The summed E-state index contributed by atoms with van der Waals surface area (Å²) in [6, 6.07) is 8.16. The summed E-state index contributed by atoms with van der Waals surface area (Å²) in [4.78, 5) is 5.00. The summed E-state index contributed by atoms with van der Waals surface area (Å²) in [6.07, 6.45) is 27.8. The molecule has 13 rings (SSSR count). The van der Waals surface area contributed by atoms with E-state index in [2.05, 4.69) is 53.5 Å². The van der Waals surface area contributed by atoms with Gasteiger partial charge in [0.05, 0.1) is 0 Å². The molecule has 0 nitrogen and oxygen atoms in total. The molecule has 0 atom stereocenters. The minimum atomic E-state index is 0.571. The lowest BCUT2D eigenvalue weighted by molar-refractivity contribution is 0.0383. The molecule has 12 aliphatic carbocycles. The Morgan fingerprint density at radius 3 is 0.692 bits per heavy atom. The second kappa shape index (κ2) is 8.68. The van der Waals surface area contributed by atoms with Gasteiger partial charge in [-0.15, -0.1) is 35.3 Å². The van der Waals surface area contributed by atoms with Gasteiger partial charge in [0.1, 0.15) is 0 Å². The van der Waals surface area contributed by atoms with Crippen molar-refractivity contribution in [2.75, 3.05) is 0 Å². The lowest BCUT2D eigenvalue weighted by Gasteiger charge is -2.57. The van der Waals surface area contributed by atoms with Gasteiger partial charge in [0.2, 0.25) is 0 Å². The molecular formula is C36H48S3. The third-order valence-electron chi connectivity index (χ3n) is 13.8. The smallest absolute Gasteiger partial charge is 0.0215 e. The van der Waals surface area contributed by atoms with Gasteiger partial charge in [-0.1, -0.05) is 0 Å². The Morgan fingerprint density at radius 2 is 0.513 bits per heavy atom. The monoisotopic (exact) mass is 576 g/mol. The molecule has 210 valence electrons. The third kappa shape index (κ3) is 4.29. The molecule has 12 aliphatic rings. The maximum absolute atomic E-state index is 2.72. The van der Waals surface area contributed by atoms with E-state index in [1.807, 2.05) is 0 Å². The molecule has 12 bridgehead atoms. The van der Waals surface area contributed by atoms with E-state index < -0.39 is 0 Å². The fourth-order valence-electron chi connectivity index (χ4n) is 13.9. The van der Waals surface area contributed by atoms with Crippen molar-refractivity contribution in [2.24, 2.45) is 53.3 Å². The fourth-order valence-corrected chi connectivity index (χ4v) is 19.7. The summed E-state index contributed by atoms with van der Waals surface area (Å²) in [6.45, 7) is 0. The van der Waals surface area contributed by atoms with Crippen LogP contribution in [0, 0.1) is 53.3 Å². The SMILES string of the molecule is c1c(SC23CC4CC(CC(C4)C2)C3)cc(SC23CC4CC(CC(C4)C2)C3)cc1SC12CC3CC(CC(C3)C1)C2. The van der Waals surface area contributed by atoms with Gasteiger partial charge in [-0.3, -0.25) is 0 Å². The predicted molar refractivity (Wildman–Crippen MR) is 167 cm³/mol. The summed E-state index contributed by atoms with van der Waals surface area (Å²) in [5.41, 5.74) is 0. The van der Waals surface area contributed by atoms with Crippen molar-refractivity contribution in [1.29, 1.82) is 0 Å². The molecule has 1 aromatic rings. The van der Waals surface area contributed by atoms with Gasteiger partial charge in [-0.25, -0.2) is 0 Å². The molecule has 0 spiro atoms. The summed E-state index contributed by atoms with van der Waals surface area (Å²) in [7, 11) is 0. The minimum absolute atomic E-state index is 0.571. The van der Waals surface area contributed by atoms with Crippen molar-refractivity contribution in [2.45, 2.75) is 145 Å². The standard InChI is InChI=1S/C36H48S3/c1-22-2-24-3-23(1)14-34(13-22,15-24)37-31-10-32(38-35-16-25-4-26(17-35)6-27(5-25)18-35)12-33(11-31)39-36-19-28-7-29(20-36)9-30(8-28)21-36/h10-12,22-30H,1-9,13-21H2. The van der Waals surface area contributed by atoms with Crippen LogP contribution in [0.5, 0.6) is 0 Å². The average molecular weight is 577 g/mol. The lowest BCUT2D eigenvalue weighted by atomic mass is 9.56. The van der Waals surface area contributed by atoms with Gasteiger partial charge in [-0.2, -0.15) is 0 Å². The van der Waals surface area contributed by atoms with Crippen LogP contribution in [0.15, 0.2) is 32.9 Å². The van der Waals surface area contributed by atoms with Crippen molar-refractivity contribution < 1.29 is 0 Å². The zero-order chi connectivity index (χ0) is 25.4. The molecule has 1 aromatic carbocycles. The molecule has 0 radical (unpaired) electrons. The highest BCUT2D eigenvalue weighted by Crippen LogP contribution is 2.66. The van der Waals surface area contributed by atoms with E-state index in [9.17, 15) is 0 Å². The first-order valence-corrected chi connectivity index (χ1v) is 19.6. The zero-order valence-corrected chi connectivity index (χ0v) is 26.3. The maximum atomic E-state index is 2.72. The predicted octanol–water partition coefficient (Wildman–Crippen LogP) is 10.9. The van der Waals surface area contributed by atoms with E-state index in [0.717, 1.165) is 53.3 Å². The zero-order valence-electron chi connectivity index (χ0n) is 23.9. The van der Waals surface area contributed by atoms with Crippen molar-refractivity contribution in [3.8, 4) is 0 Å². The second-order valence-electron chi connectivity index (χ2n) is 17.2. The molecule has 12 fully saturated rings. The molecule has 0 heterocycles. The van der Waals surface area contributed by atoms with Gasteiger partial charge in [-0.05, 0) is 187 Å². The van der Waals surface area contributed by atoms with Crippen LogP contribution in [0.1, 0.15) is 116 Å². The quantitative estimate of drug-likeness (QED) is 0.330. The molecule has 0 aliphatic heterocycles. The normalized spacial score (nSPS) is 53.7. The van der Waals surface area contributed by atoms with Gasteiger partial charge in [0.15, 0.2) is 0 Å². The number of hydrogen-bond acceptors (Lipinski definition) is 3. The van der Waals surface area contributed by atoms with Crippen LogP contribution in [0.4, 0.5) is 0 Å². The maximum Gasteiger partial charge on any atom is 0.0215 e. The van der Waals surface area contributed by atoms with Gasteiger partial charge in [0, 0.05) is 28.9 Å². The molecule has 0 amide bonds. The number of hydrogen-bond donors (Lipinski definition) is 0. The Labute approximate surface area is 250 Å². The first-order valence-electron chi connectivity index (χ1n) is 17.2. The van der Waals surface area contributed by atoms with Crippen LogP contribution < -0.4 is 0 Å². The highest BCUT2D eigenvalue weighted by atomic mass is 32.2. The molecule has 39 heavy (non-hydrogen) atoms. The molecule has 0 saturated heterocycles. The Kier molecular flexibility index (Phi) is 5.49. The van der Waals surface area contributed by atoms with Crippen LogP contribution in [0.3, 0.4) is 0 Å². The Bertz CT molecular complexity index is 905. The number of rotatable bonds is 6. The van der Waals surface area contributed by atoms with Crippen LogP contribution in [0.2, 0.25) is 0 Å². The van der Waals surface area contributed by atoms with Crippen molar-refractivity contribution >= 4 is 35.3 Å². The largest absolute Gasteiger partial charge is 0.119 e. The summed E-state index contributed by atoms with van der Waals surface area (Å²) >= 11 is 7.16. The van der Waals surface area contributed by atoms with E-state index in [4.69, 9.17) is 0 Å². The van der Waals surface area contributed by atoms with Crippen LogP contribution >= 0.6 is 35.3 Å². The van der Waals surface area contributed by atoms with Crippen molar-refractivity contribution in [1.82, 2.24) is 0 Å². The van der Waals surface area contributed by atoms with Gasteiger partial charge >= 0.3 is 0 Å². The van der Waals surface area contributed by atoms with Crippen LogP contribution in [0.25, 0.3) is 0 Å². The second-order valence-corrected chi connectivity index (χ2v) is 21.9. The van der Waals surface area contributed by atoms with Crippen LogP contribution in [-0.4, -0.2) is 14.2 Å².